The summed E-state index contributed by atoms with van der Waals surface area (Å²) < 4.78 is 7.45. The molecule has 0 aromatic carbocycles. The van der Waals surface area contributed by atoms with Crippen molar-refractivity contribution in [1.82, 2.24) is 14.7 Å². The highest BCUT2D eigenvalue weighted by Crippen LogP contribution is 2.41. The summed E-state index contributed by atoms with van der Waals surface area (Å²) in [6.45, 7) is 6.10. The quantitative estimate of drug-likeness (QED) is 0.902. The van der Waals surface area contributed by atoms with Crippen LogP contribution in [0.25, 0.3) is 5.57 Å². The van der Waals surface area contributed by atoms with Gasteiger partial charge < -0.3 is 14.7 Å². The second-order valence-corrected chi connectivity index (χ2v) is 6.89. The van der Waals surface area contributed by atoms with E-state index in [0.717, 1.165) is 42.9 Å². The molecule has 1 aliphatic rings. The minimum Gasteiger partial charge on any atom is -0.493 e. The first kappa shape index (κ1) is 16.0. The zero-order chi connectivity index (χ0) is 15.6. The minimum absolute atomic E-state index is 0.0885. The smallest absolute Gasteiger partial charge is 0.164 e. The number of allylic oxidation sites excluding steroid dienone is 1. The summed E-state index contributed by atoms with van der Waals surface area (Å²) in [5, 5.41) is 14.6. The van der Waals surface area contributed by atoms with Crippen LogP contribution in [0.3, 0.4) is 0 Å². The summed E-state index contributed by atoms with van der Waals surface area (Å²) in [6.07, 6.45) is 5.04. The molecule has 118 valence electrons. The van der Waals surface area contributed by atoms with Gasteiger partial charge in [0, 0.05) is 6.54 Å². The molecule has 0 fully saturated rings. The van der Waals surface area contributed by atoms with Crippen LogP contribution in [0.5, 0.6) is 5.75 Å². The molecular weight excluding hydrogens is 266 g/mol. The summed E-state index contributed by atoms with van der Waals surface area (Å²) in [4.78, 5) is 2.13. The maximum atomic E-state index is 10.1. The molecule has 0 bridgehead atoms. The van der Waals surface area contributed by atoms with Gasteiger partial charge in [-0.05, 0) is 37.9 Å². The topological polar surface area (TPSA) is 50.5 Å². The van der Waals surface area contributed by atoms with Gasteiger partial charge in [0.1, 0.15) is 5.69 Å². The number of hydrogen-bond acceptors (Lipinski definition) is 4. The van der Waals surface area contributed by atoms with Gasteiger partial charge in [-0.15, -0.1) is 0 Å². The molecule has 1 N–H and O–H groups in total. The Balaban J connectivity index is 2.34. The van der Waals surface area contributed by atoms with E-state index in [9.17, 15) is 5.11 Å². The van der Waals surface area contributed by atoms with Crippen molar-refractivity contribution < 1.29 is 9.84 Å². The number of hydrogen-bond donors (Lipinski definition) is 1. The molecule has 0 radical (unpaired) electrons. The zero-order valence-electron chi connectivity index (χ0n) is 13.8. The Morgan fingerprint density at radius 2 is 2.19 bits per heavy atom. The third-order valence-corrected chi connectivity index (χ3v) is 3.91. The Morgan fingerprint density at radius 1 is 1.48 bits per heavy atom. The average Bonchev–Trinajstić information content (AvgIpc) is 2.76. The largest absolute Gasteiger partial charge is 0.493 e. The van der Waals surface area contributed by atoms with Crippen molar-refractivity contribution in [3.8, 4) is 5.75 Å². The van der Waals surface area contributed by atoms with Gasteiger partial charge in [0.25, 0.3) is 0 Å². The fourth-order valence-corrected chi connectivity index (χ4v) is 2.97. The minimum atomic E-state index is -0.398. The van der Waals surface area contributed by atoms with Crippen LogP contribution in [0.2, 0.25) is 0 Å². The van der Waals surface area contributed by atoms with Gasteiger partial charge in [-0.3, -0.25) is 4.68 Å². The Morgan fingerprint density at radius 3 is 2.76 bits per heavy atom. The number of aliphatic hydroxyl groups is 1. The number of ether oxygens (including phenoxy) is 1. The van der Waals surface area contributed by atoms with Crippen LogP contribution in [0.1, 0.15) is 32.4 Å². The second-order valence-electron chi connectivity index (χ2n) is 6.89. The van der Waals surface area contributed by atoms with Crippen LogP contribution in [0.4, 0.5) is 0 Å². The highest BCUT2D eigenvalue weighted by molar-refractivity contribution is 5.69. The summed E-state index contributed by atoms with van der Waals surface area (Å²) in [5.41, 5.74) is 2.23. The third kappa shape index (κ3) is 3.86. The first-order valence-corrected chi connectivity index (χ1v) is 7.46. The predicted octanol–water partition coefficient (Wildman–Crippen LogP) is 2.02. The van der Waals surface area contributed by atoms with Crippen LogP contribution >= 0.6 is 0 Å². The molecule has 0 aliphatic heterocycles. The van der Waals surface area contributed by atoms with Crippen molar-refractivity contribution in [2.24, 2.45) is 5.41 Å². The van der Waals surface area contributed by atoms with Gasteiger partial charge in [0.05, 0.1) is 26.0 Å². The Hall–Kier alpha value is -1.33. The van der Waals surface area contributed by atoms with Gasteiger partial charge >= 0.3 is 0 Å². The van der Waals surface area contributed by atoms with E-state index in [0.29, 0.717) is 0 Å². The molecule has 0 amide bonds. The highest BCUT2D eigenvalue weighted by atomic mass is 16.5. The first-order valence-electron chi connectivity index (χ1n) is 7.46. The number of aliphatic hydroxyl groups excluding tert-OH is 1. The summed E-state index contributed by atoms with van der Waals surface area (Å²) in [5.74, 6) is 0.782. The van der Waals surface area contributed by atoms with E-state index < -0.39 is 6.10 Å². The maximum Gasteiger partial charge on any atom is 0.164 e. The van der Waals surface area contributed by atoms with Gasteiger partial charge in [-0.2, -0.15) is 5.10 Å². The van der Waals surface area contributed by atoms with Gasteiger partial charge in [-0.1, -0.05) is 19.9 Å². The molecule has 1 heterocycles. The van der Waals surface area contributed by atoms with E-state index in [1.165, 1.54) is 0 Å². The van der Waals surface area contributed by atoms with Crippen molar-refractivity contribution in [1.29, 1.82) is 0 Å². The summed E-state index contributed by atoms with van der Waals surface area (Å²) in [6, 6.07) is 0. The molecule has 5 nitrogen and oxygen atoms in total. The summed E-state index contributed by atoms with van der Waals surface area (Å²) >= 11 is 0. The van der Waals surface area contributed by atoms with Crippen LogP contribution in [0.15, 0.2) is 12.3 Å². The van der Waals surface area contributed by atoms with Crippen LogP contribution in [-0.4, -0.2) is 53.6 Å². The molecule has 1 aromatic rings. The van der Waals surface area contributed by atoms with E-state index in [1.807, 2.05) is 24.9 Å². The predicted molar refractivity (Wildman–Crippen MR) is 84.3 cm³/mol. The SMILES string of the molecule is COc1cnn(CCN(C)C)c1C1=CC(O)CC(C)(C)C1. The number of aromatic nitrogens is 2. The number of nitrogens with zero attached hydrogens (tertiary/aromatic N) is 3. The lowest BCUT2D eigenvalue weighted by Gasteiger charge is -2.33. The van der Waals surface area contributed by atoms with Crippen LogP contribution in [0, 0.1) is 5.41 Å². The fourth-order valence-electron chi connectivity index (χ4n) is 2.97. The summed E-state index contributed by atoms with van der Waals surface area (Å²) in [7, 11) is 5.77. The molecule has 0 saturated heterocycles. The van der Waals surface area contributed by atoms with Gasteiger partial charge in [0.15, 0.2) is 5.75 Å². The van der Waals surface area contributed by atoms with Crippen LogP contribution in [-0.2, 0) is 6.54 Å². The van der Waals surface area contributed by atoms with Crippen molar-refractivity contribution in [2.45, 2.75) is 39.3 Å². The lowest BCUT2D eigenvalue weighted by molar-refractivity contribution is 0.146. The third-order valence-electron chi connectivity index (χ3n) is 3.91. The lowest BCUT2D eigenvalue weighted by Crippen LogP contribution is -2.26. The van der Waals surface area contributed by atoms with Crippen molar-refractivity contribution in [3.63, 3.8) is 0 Å². The normalized spacial score (nSPS) is 21.5. The van der Waals surface area contributed by atoms with Crippen molar-refractivity contribution >= 4 is 5.57 Å². The van der Waals surface area contributed by atoms with Gasteiger partial charge in [0.2, 0.25) is 0 Å². The monoisotopic (exact) mass is 293 g/mol. The number of methoxy groups -OCH3 is 1. The van der Waals surface area contributed by atoms with Crippen molar-refractivity contribution in [2.75, 3.05) is 27.7 Å². The fraction of sp³-hybridized carbons (Fsp3) is 0.688. The van der Waals surface area contributed by atoms with Crippen LogP contribution < -0.4 is 4.74 Å². The van der Waals surface area contributed by atoms with Gasteiger partial charge in [-0.25, -0.2) is 0 Å². The number of rotatable bonds is 5. The highest BCUT2D eigenvalue weighted by Gasteiger charge is 2.31. The van der Waals surface area contributed by atoms with Crippen molar-refractivity contribution in [3.05, 3.63) is 18.0 Å². The van der Waals surface area contributed by atoms with E-state index >= 15 is 0 Å². The molecule has 1 aromatic heterocycles. The standard InChI is InChI=1S/C16H27N3O2/c1-16(2)9-12(8-13(20)10-16)15-14(21-5)11-17-19(15)7-6-18(3)4/h8,11,13,20H,6-7,9-10H2,1-5H3. The zero-order valence-corrected chi connectivity index (χ0v) is 13.8. The Bertz CT molecular complexity index is 518. The molecule has 0 saturated carbocycles. The number of likely N-dealkylation sites (N-methyl/N-ethyl adjacent to an activating group) is 1. The Labute approximate surface area is 127 Å². The maximum absolute atomic E-state index is 10.1. The molecule has 1 atom stereocenters. The van der Waals surface area contributed by atoms with E-state index in [2.05, 4.69) is 23.8 Å². The average molecular weight is 293 g/mol. The molecule has 1 unspecified atom stereocenters. The molecule has 0 spiro atoms. The van der Waals surface area contributed by atoms with E-state index in [1.54, 1.807) is 13.3 Å². The second kappa shape index (κ2) is 6.20. The first-order chi connectivity index (χ1) is 9.82. The van der Waals surface area contributed by atoms with E-state index in [4.69, 9.17) is 4.74 Å². The molecule has 1 aliphatic carbocycles. The molecule has 2 rings (SSSR count). The molecule has 5 heteroatoms. The molecule has 21 heavy (non-hydrogen) atoms. The lowest BCUT2D eigenvalue weighted by atomic mass is 9.75. The molecular formula is C16H27N3O2. The Kier molecular flexibility index (Phi) is 4.74. The van der Waals surface area contributed by atoms with E-state index in [-0.39, 0.29) is 5.41 Å².